The van der Waals surface area contributed by atoms with Crippen LogP contribution in [0.25, 0.3) is 0 Å². The van der Waals surface area contributed by atoms with Crippen molar-refractivity contribution in [2.24, 2.45) is 0 Å². The van der Waals surface area contributed by atoms with Crippen LogP contribution in [0.15, 0.2) is 12.1 Å². The lowest BCUT2D eigenvalue weighted by Crippen LogP contribution is -2.55. The van der Waals surface area contributed by atoms with Gasteiger partial charge in [0.05, 0.1) is 33.4 Å². The summed E-state index contributed by atoms with van der Waals surface area (Å²) in [5.74, 6) is 0.133. The number of hydrogen-bond donors (Lipinski definition) is 0. The van der Waals surface area contributed by atoms with Crippen LogP contribution in [-0.4, -0.2) is 68.0 Å². The maximum absolute atomic E-state index is 12.6. The molecule has 0 spiro atoms. The highest BCUT2D eigenvalue weighted by Gasteiger charge is 2.39. The van der Waals surface area contributed by atoms with E-state index in [0.29, 0.717) is 31.0 Å². The van der Waals surface area contributed by atoms with Crippen LogP contribution in [0.2, 0.25) is 0 Å². The largest absolute Gasteiger partial charge is 0.493 e. The Labute approximate surface area is 158 Å². The van der Waals surface area contributed by atoms with E-state index in [1.54, 1.807) is 26.0 Å². The van der Waals surface area contributed by atoms with Crippen LogP contribution >= 0.6 is 0 Å². The number of amides is 2. The van der Waals surface area contributed by atoms with Crippen molar-refractivity contribution in [3.05, 3.63) is 23.3 Å². The highest BCUT2D eigenvalue weighted by Crippen LogP contribution is 2.39. The minimum atomic E-state index is -0.576. The Morgan fingerprint density at radius 2 is 1.89 bits per heavy atom. The van der Waals surface area contributed by atoms with Crippen LogP contribution < -0.4 is 9.47 Å². The third-order valence-electron chi connectivity index (χ3n) is 5.00. The minimum Gasteiger partial charge on any atom is -0.493 e. The number of fused-ring (bicyclic) bond motifs is 3. The molecule has 146 valence electrons. The Hall–Kier alpha value is -2.77. The van der Waals surface area contributed by atoms with Gasteiger partial charge in [-0.1, -0.05) is 0 Å². The van der Waals surface area contributed by atoms with Crippen LogP contribution in [0.1, 0.15) is 30.5 Å². The number of rotatable bonds is 5. The van der Waals surface area contributed by atoms with Gasteiger partial charge in [0.15, 0.2) is 11.5 Å². The van der Waals surface area contributed by atoms with Crippen molar-refractivity contribution in [1.82, 2.24) is 9.80 Å². The fourth-order valence-corrected chi connectivity index (χ4v) is 3.69. The summed E-state index contributed by atoms with van der Waals surface area (Å²) in [6, 6.07) is 3.54. The van der Waals surface area contributed by atoms with Crippen molar-refractivity contribution in [3.8, 4) is 11.5 Å². The second kappa shape index (κ2) is 7.85. The maximum Gasteiger partial charge on any atom is 0.315 e. The Bertz CT molecular complexity index is 763. The summed E-state index contributed by atoms with van der Waals surface area (Å²) in [7, 11) is 3.14. The van der Waals surface area contributed by atoms with E-state index < -0.39 is 11.9 Å². The molecule has 8 nitrogen and oxygen atoms in total. The maximum atomic E-state index is 12.6. The highest BCUT2D eigenvalue weighted by atomic mass is 16.5. The molecule has 2 heterocycles. The normalized spacial score (nSPS) is 18.5. The fourth-order valence-electron chi connectivity index (χ4n) is 3.69. The average molecular weight is 376 g/mol. The Morgan fingerprint density at radius 3 is 2.56 bits per heavy atom. The van der Waals surface area contributed by atoms with Crippen molar-refractivity contribution >= 4 is 17.8 Å². The molecule has 0 bridgehead atoms. The van der Waals surface area contributed by atoms with Gasteiger partial charge in [0.2, 0.25) is 11.8 Å². The van der Waals surface area contributed by atoms with Gasteiger partial charge in [-0.25, -0.2) is 0 Å². The lowest BCUT2D eigenvalue weighted by Gasteiger charge is -2.44. The first kappa shape index (κ1) is 19.0. The molecule has 0 saturated carbocycles. The number of methoxy groups -OCH3 is 2. The number of piperazine rings is 1. The van der Waals surface area contributed by atoms with E-state index in [1.165, 1.54) is 4.90 Å². The van der Waals surface area contributed by atoms with Crippen LogP contribution in [0.3, 0.4) is 0 Å². The van der Waals surface area contributed by atoms with Crippen molar-refractivity contribution < 1.29 is 28.6 Å². The number of ether oxygens (including phenoxy) is 3. The summed E-state index contributed by atoms with van der Waals surface area (Å²) in [6.07, 6.45) is 0.362. The Balaban J connectivity index is 1.86. The number of benzene rings is 1. The zero-order valence-corrected chi connectivity index (χ0v) is 15.8. The summed E-state index contributed by atoms with van der Waals surface area (Å²) in [5.41, 5.74) is 2.02. The fraction of sp³-hybridized carbons (Fsp3) is 0.526. The SMILES string of the molecule is CCOC(=O)CC(=O)N1CC(=O)N2CCc3cc(OC)c(OC)cc3C2C1. The minimum absolute atomic E-state index is 0.0165. The first-order valence-corrected chi connectivity index (χ1v) is 8.96. The number of carbonyl (C=O) groups excluding carboxylic acids is 3. The summed E-state index contributed by atoms with van der Waals surface area (Å²) < 4.78 is 15.6. The Morgan fingerprint density at radius 1 is 1.19 bits per heavy atom. The van der Waals surface area contributed by atoms with E-state index in [0.717, 1.165) is 11.1 Å². The molecule has 27 heavy (non-hydrogen) atoms. The van der Waals surface area contributed by atoms with Gasteiger partial charge < -0.3 is 24.0 Å². The molecule has 0 N–H and O–H groups in total. The lowest BCUT2D eigenvalue weighted by atomic mass is 9.90. The second-order valence-corrected chi connectivity index (χ2v) is 6.51. The predicted octanol–water partition coefficient (Wildman–Crippen LogP) is 0.925. The average Bonchev–Trinajstić information content (AvgIpc) is 2.66. The molecule has 0 aromatic heterocycles. The molecular weight excluding hydrogens is 352 g/mol. The van der Waals surface area contributed by atoms with Crippen LogP contribution in [0, 0.1) is 0 Å². The van der Waals surface area contributed by atoms with Gasteiger partial charge in [-0.15, -0.1) is 0 Å². The molecule has 3 rings (SSSR count). The van der Waals surface area contributed by atoms with Crippen molar-refractivity contribution in [1.29, 1.82) is 0 Å². The van der Waals surface area contributed by atoms with Crippen molar-refractivity contribution in [2.75, 3.05) is 40.5 Å². The van der Waals surface area contributed by atoms with E-state index in [4.69, 9.17) is 14.2 Å². The van der Waals surface area contributed by atoms with Crippen molar-refractivity contribution in [2.45, 2.75) is 25.8 Å². The molecule has 1 unspecified atom stereocenters. The number of hydrogen-bond acceptors (Lipinski definition) is 6. The lowest BCUT2D eigenvalue weighted by molar-refractivity contribution is -0.155. The molecule has 0 aliphatic carbocycles. The molecule has 1 saturated heterocycles. The van der Waals surface area contributed by atoms with Crippen LogP contribution in [0.5, 0.6) is 11.5 Å². The van der Waals surface area contributed by atoms with E-state index >= 15 is 0 Å². The summed E-state index contributed by atoms with van der Waals surface area (Å²) in [4.78, 5) is 39.9. The highest BCUT2D eigenvalue weighted by molar-refractivity contribution is 5.96. The molecule has 2 aliphatic rings. The van der Waals surface area contributed by atoms with E-state index in [1.807, 2.05) is 12.1 Å². The van der Waals surface area contributed by atoms with Gasteiger partial charge in [-0.2, -0.15) is 0 Å². The molecule has 2 amide bonds. The monoisotopic (exact) mass is 376 g/mol. The van der Waals surface area contributed by atoms with E-state index in [9.17, 15) is 14.4 Å². The molecule has 0 radical (unpaired) electrons. The molecular formula is C19H24N2O6. The second-order valence-electron chi connectivity index (χ2n) is 6.51. The summed E-state index contributed by atoms with van der Waals surface area (Å²) >= 11 is 0. The van der Waals surface area contributed by atoms with E-state index in [2.05, 4.69) is 0 Å². The first-order chi connectivity index (χ1) is 13.0. The zero-order valence-electron chi connectivity index (χ0n) is 15.8. The van der Waals surface area contributed by atoms with E-state index in [-0.39, 0.29) is 31.5 Å². The van der Waals surface area contributed by atoms with Crippen LogP contribution in [-0.2, 0) is 25.5 Å². The Kier molecular flexibility index (Phi) is 5.53. The van der Waals surface area contributed by atoms with Gasteiger partial charge >= 0.3 is 5.97 Å². The third kappa shape index (κ3) is 3.70. The molecule has 8 heteroatoms. The molecule has 2 aliphatic heterocycles. The quantitative estimate of drug-likeness (QED) is 0.561. The van der Waals surface area contributed by atoms with Gasteiger partial charge in [0, 0.05) is 13.1 Å². The topological polar surface area (TPSA) is 85.4 Å². The number of carbonyl (C=O) groups is 3. The van der Waals surface area contributed by atoms with Crippen molar-refractivity contribution in [3.63, 3.8) is 0 Å². The van der Waals surface area contributed by atoms with Gasteiger partial charge in [0.1, 0.15) is 6.42 Å². The van der Waals surface area contributed by atoms with Gasteiger partial charge in [-0.05, 0) is 36.6 Å². The summed E-state index contributed by atoms with van der Waals surface area (Å²) in [6.45, 7) is 2.82. The number of esters is 1. The van der Waals surface area contributed by atoms with Crippen LogP contribution in [0.4, 0.5) is 0 Å². The molecule has 1 aromatic carbocycles. The standard InChI is InChI=1S/C19H24N2O6/c1-4-27-19(24)9-17(22)20-10-14-13-8-16(26-3)15(25-2)7-12(13)5-6-21(14)18(23)11-20/h7-8,14H,4-6,9-11H2,1-3H3. The van der Waals surface area contributed by atoms with Gasteiger partial charge in [-0.3, -0.25) is 14.4 Å². The molecule has 1 aromatic rings. The zero-order chi connectivity index (χ0) is 19.6. The predicted molar refractivity (Wildman–Crippen MR) is 95.5 cm³/mol. The molecule has 1 fully saturated rings. The molecule has 1 atom stereocenters. The third-order valence-corrected chi connectivity index (χ3v) is 5.00. The van der Waals surface area contributed by atoms with Gasteiger partial charge in [0.25, 0.3) is 0 Å². The first-order valence-electron chi connectivity index (χ1n) is 8.96. The summed E-state index contributed by atoms with van der Waals surface area (Å²) in [5, 5.41) is 0. The smallest absolute Gasteiger partial charge is 0.315 e. The number of nitrogens with zero attached hydrogens (tertiary/aromatic N) is 2.